The van der Waals surface area contributed by atoms with Crippen LogP contribution in [0.2, 0.25) is 0 Å². The van der Waals surface area contributed by atoms with Gasteiger partial charge in [-0.1, -0.05) is 6.08 Å². The van der Waals surface area contributed by atoms with Crippen molar-refractivity contribution in [2.45, 2.75) is 19.3 Å². The van der Waals surface area contributed by atoms with Gasteiger partial charge in [0, 0.05) is 17.5 Å². The first-order valence-corrected chi connectivity index (χ1v) is 4.72. The maximum Gasteiger partial charge on any atom is 0.163 e. The molecule has 72 valence electrons. The van der Waals surface area contributed by atoms with E-state index < -0.39 is 0 Å². The summed E-state index contributed by atoms with van der Waals surface area (Å²) in [6.45, 7) is 3.65. The maximum absolute atomic E-state index is 11.4. The molecule has 0 radical (unpaired) electrons. The first kappa shape index (κ1) is 9.00. The molecule has 0 atom stereocenters. The Hall–Kier alpha value is -1.57. The Morgan fingerprint density at radius 3 is 2.93 bits per heavy atom. The number of benzene rings is 1. The lowest BCUT2D eigenvalue weighted by atomic mass is 9.99. The van der Waals surface area contributed by atoms with Gasteiger partial charge in [0.25, 0.3) is 0 Å². The Labute approximate surface area is 82.9 Å². The number of hydrogen-bond donors (Lipinski definition) is 1. The van der Waals surface area contributed by atoms with Crippen molar-refractivity contribution in [1.82, 2.24) is 0 Å². The highest BCUT2D eigenvalue weighted by molar-refractivity contribution is 6.01. The number of aromatic hydroxyl groups is 1. The second kappa shape index (κ2) is 3.29. The number of carbonyl (C=O) groups excluding carboxylic acids is 1. The van der Waals surface area contributed by atoms with E-state index in [0.29, 0.717) is 12.8 Å². The third-order valence-corrected chi connectivity index (χ3v) is 2.66. The van der Waals surface area contributed by atoms with Crippen LogP contribution in [0.5, 0.6) is 5.75 Å². The van der Waals surface area contributed by atoms with Gasteiger partial charge < -0.3 is 5.11 Å². The van der Waals surface area contributed by atoms with Gasteiger partial charge in [0.05, 0.1) is 0 Å². The molecule has 0 aliphatic heterocycles. The van der Waals surface area contributed by atoms with E-state index in [4.69, 9.17) is 0 Å². The van der Waals surface area contributed by atoms with E-state index in [2.05, 4.69) is 6.58 Å². The molecule has 1 aromatic rings. The summed E-state index contributed by atoms with van der Waals surface area (Å²) in [6.07, 6.45) is 3.70. The summed E-state index contributed by atoms with van der Waals surface area (Å²) < 4.78 is 0. The Balaban J connectivity index is 2.58. The summed E-state index contributed by atoms with van der Waals surface area (Å²) in [5, 5.41) is 9.63. The van der Waals surface area contributed by atoms with Crippen molar-refractivity contribution >= 4 is 5.78 Å². The Bertz CT molecular complexity index is 405. The topological polar surface area (TPSA) is 37.3 Å². The van der Waals surface area contributed by atoms with Gasteiger partial charge in [-0.05, 0) is 30.5 Å². The quantitative estimate of drug-likeness (QED) is 0.723. The lowest BCUT2D eigenvalue weighted by Gasteiger charge is -2.07. The highest BCUT2D eigenvalue weighted by atomic mass is 16.3. The minimum atomic E-state index is 0.185. The minimum Gasteiger partial charge on any atom is -0.508 e. The van der Waals surface area contributed by atoms with Crippen LogP contribution in [0.25, 0.3) is 0 Å². The van der Waals surface area contributed by atoms with Crippen molar-refractivity contribution in [3.63, 3.8) is 0 Å². The third-order valence-electron chi connectivity index (χ3n) is 2.66. The minimum absolute atomic E-state index is 0.185. The molecule has 14 heavy (non-hydrogen) atoms. The van der Waals surface area contributed by atoms with E-state index >= 15 is 0 Å². The van der Waals surface area contributed by atoms with E-state index in [1.807, 2.05) is 0 Å². The molecule has 2 rings (SSSR count). The molecule has 0 heterocycles. The zero-order valence-electron chi connectivity index (χ0n) is 7.92. The summed E-state index contributed by atoms with van der Waals surface area (Å²) in [6, 6.07) is 3.31. The monoisotopic (exact) mass is 188 g/mol. The van der Waals surface area contributed by atoms with Crippen molar-refractivity contribution < 1.29 is 9.90 Å². The van der Waals surface area contributed by atoms with Crippen molar-refractivity contribution in [1.29, 1.82) is 0 Å². The van der Waals surface area contributed by atoms with Crippen LogP contribution < -0.4 is 0 Å². The Morgan fingerprint density at radius 1 is 1.43 bits per heavy atom. The summed E-state index contributed by atoms with van der Waals surface area (Å²) in [4.78, 5) is 11.4. The van der Waals surface area contributed by atoms with E-state index in [1.165, 1.54) is 0 Å². The summed E-state index contributed by atoms with van der Waals surface area (Å²) in [5.41, 5.74) is 2.65. The molecule has 0 saturated heterocycles. The largest absolute Gasteiger partial charge is 0.508 e. The maximum atomic E-state index is 11.4. The second-order valence-electron chi connectivity index (χ2n) is 3.51. The molecular weight excluding hydrogens is 176 g/mol. The Kier molecular flexibility index (Phi) is 2.12. The van der Waals surface area contributed by atoms with Crippen molar-refractivity contribution in [2.24, 2.45) is 0 Å². The van der Waals surface area contributed by atoms with E-state index in [9.17, 15) is 9.90 Å². The normalized spacial score (nSPS) is 14.1. The fourth-order valence-electron chi connectivity index (χ4n) is 1.97. The molecule has 0 fully saturated rings. The van der Waals surface area contributed by atoms with E-state index in [0.717, 1.165) is 23.1 Å². The van der Waals surface area contributed by atoms with Crippen LogP contribution in [0.15, 0.2) is 24.8 Å². The number of phenols is 1. The number of carbonyl (C=O) groups is 1. The molecule has 1 aromatic carbocycles. The number of rotatable bonds is 2. The number of Topliss-reactive ketones (excluding diaryl/α,β-unsaturated/α-hetero) is 1. The van der Waals surface area contributed by atoms with Crippen LogP contribution in [0.4, 0.5) is 0 Å². The average Bonchev–Trinajstić information content (AvgIpc) is 2.53. The first-order chi connectivity index (χ1) is 6.74. The smallest absolute Gasteiger partial charge is 0.163 e. The molecule has 1 N–H and O–H groups in total. The number of hydrogen-bond acceptors (Lipinski definition) is 2. The molecule has 1 aliphatic carbocycles. The number of fused-ring (bicyclic) bond motifs is 1. The number of ketones is 1. The highest BCUT2D eigenvalue weighted by Gasteiger charge is 2.23. The summed E-state index contributed by atoms with van der Waals surface area (Å²) in [7, 11) is 0. The van der Waals surface area contributed by atoms with Gasteiger partial charge >= 0.3 is 0 Å². The van der Waals surface area contributed by atoms with Crippen molar-refractivity contribution in [2.75, 3.05) is 0 Å². The molecule has 0 aromatic heterocycles. The zero-order valence-corrected chi connectivity index (χ0v) is 7.92. The fourth-order valence-corrected chi connectivity index (χ4v) is 1.97. The predicted molar refractivity (Wildman–Crippen MR) is 54.7 cm³/mol. The van der Waals surface area contributed by atoms with Gasteiger partial charge in [-0.15, -0.1) is 6.58 Å². The van der Waals surface area contributed by atoms with E-state index in [1.54, 1.807) is 18.2 Å². The van der Waals surface area contributed by atoms with Gasteiger partial charge in [-0.25, -0.2) is 0 Å². The standard InChI is InChI=1S/C12H12O2/c1-2-3-9-8-4-6-12(14)10(8)5-7-11(9)13/h2,5,7,13H,1,3-4,6H2. The van der Waals surface area contributed by atoms with E-state index in [-0.39, 0.29) is 11.5 Å². The summed E-state index contributed by atoms with van der Waals surface area (Å²) >= 11 is 0. The van der Waals surface area contributed by atoms with Crippen LogP contribution in [-0.4, -0.2) is 10.9 Å². The van der Waals surface area contributed by atoms with Crippen LogP contribution in [0, 0.1) is 0 Å². The molecular formula is C12H12O2. The highest BCUT2D eigenvalue weighted by Crippen LogP contribution is 2.31. The molecule has 2 nitrogen and oxygen atoms in total. The van der Waals surface area contributed by atoms with Crippen molar-refractivity contribution in [3.05, 3.63) is 41.5 Å². The van der Waals surface area contributed by atoms with Crippen LogP contribution >= 0.6 is 0 Å². The lowest BCUT2D eigenvalue weighted by Crippen LogP contribution is -1.95. The van der Waals surface area contributed by atoms with Gasteiger partial charge in [-0.2, -0.15) is 0 Å². The van der Waals surface area contributed by atoms with Gasteiger partial charge in [0.2, 0.25) is 0 Å². The zero-order chi connectivity index (χ0) is 10.1. The number of phenolic OH excluding ortho intramolecular Hbond substituents is 1. The molecule has 1 aliphatic rings. The average molecular weight is 188 g/mol. The van der Waals surface area contributed by atoms with Gasteiger partial charge in [0.15, 0.2) is 5.78 Å². The van der Waals surface area contributed by atoms with Crippen LogP contribution in [-0.2, 0) is 12.8 Å². The van der Waals surface area contributed by atoms with Crippen LogP contribution in [0.1, 0.15) is 27.9 Å². The molecule has 0 bridgehead atoms. The predicted octanol–water partition coefficient (Wildman–Crippen LogP) is 2.25. The fraction of sp³-hybridized carbons (Fsp3) is 0.250. The molecule has 2 heteroatoms. The van der Waals surface area contributed by atoms with Crippen LogP contribution in [0.3, 0.4) is 0 Å². The molecule has 0 spiro atoms. The van der Waals surface area contributed by atoms with Gasteiger partial charge in [0.1, 0.15) is 5.75 Å². The number of allylic oxidation sites excluding steroid dienone is 1. The first-order valence-electron chi connectivity index (χ1n) is 4.72. The molecule has 0 saturated carbocycles. The van der Waals surface area contributed by atoms with Crippen molar-refractivity contribution in [3.8, 4) is 5.75 Å². The second-order valence-corrected chi connectivity index (χ2v) is 3.51. The SMILES string of the molecule is C=CCc1c(O)ccc2c1CCC2=O. The third kappa shape index (κ3) is 1.23. The van der Waals surface area contributed by atoms with Gasteiger partial charge in [-0.3, -0.25) is 4.79 Å². The molecule has 0 unspecified atom stereocenters. The summed E-state index contributed by atoms with van der Waals surface area (Å²) in [5.74, 6) is 0.462. The lowest BCUT2D eigenvalue weighted by molar-refractivity contribution is 0.0994. The Morgan fingerprint density at radius 2 is 2.21 bits per heavy atom. The molecule has 0 amide bonds.